The highest BCUT2D eigenvalue weighted by Gasteiger charge is 2.32. The lowest BCUT2D eigenvalue weighted by molar-refractivity contribution is -0.138. The predicted molar refractivity (Wildman–Crippen MR) is 109 cm³/mol. The number of halogens is 3. The zero-order valence-electron chi connectivity index (χ0n) is 15.9. The van der Waals surface area contributed by atoms with E-state index in [1.165, 1.54) is 36.4 Å². The number of anilines is 2. The van der Waals surface area contributed by atoms with Crippen LogP contribution >= 0.6 is 0 Å². The lowest BCUT2D eigenvalue weighted by Crippen LogP contribution is -2.17. The number of amides is 1. The van der Waals surface area contributed by atoms with Crippen molar-refractivity contribution in [2.24, 2.45) is 0 Å². The average molecular weight is 412 g/mol. The summed E-state index contributed by atoms with van der Waals surface area (Å²) in [6, 6.07) is 18.2. The first kappa shape index (κ1) is 21.1. The summed E-state index contributed by atoms with van der Waals surface area (Å²) < 4.78 is 39.3. The quantitative estimate of drug-likeness (QED) is 0.438. The maximum atomic E-state index is 13.1. The van der Waals surface area contributed by atoms with Gasteiger partial charge in [-0.2, -0.15) is 13.2 Å². The standard InChI is InChI=1S/C23H19F3N2O2/c24-23(25,26)19-9-5-4-6-15(19)10-13-21(29)28-20-12-11-17(27)14-18(20)22(30)16-7-2-1-3-8-16/h1-9,11-12,14H,10,13,27H2,(H,28,29). The van der Waals surface area contributed by atoms with Gasteiger partial charge in [0, 0.05) is 23.2 Å². The molecule has 0 atom stereocenters. The molecular formula is C23H19F3N2O2. The minimum absolute atomic E-state index is 0.0399. The van der Waals surface area contributed by atoms with Gasteiger partial charge in [0.2, 0.25) is 5.91 Å². The summed E-state index contributed by atoms with van der Waals surface area (Å²) in [5.41, 5.74) is 6.33. The van der Waals surface area contributed by atoms with Crippen LogP contribution in [0.25, 0.3) is 0 Å². The molecular weight excluding hydrogens is 393 g/mol. The highest BCUT2D eigenvalue weighted by molar-refractivity contribution is 6.14. The van der Waals surface area contributed by atoms with Crippen LogP contribution in [0.2, 0.25) is 0 Å². The number of benzene rings is 3. The van der Waals surface area contributed by atoms with Gasteiger partial charge in [-0.15, -0.1) is 0 Å². The van der Waals surface area contributed by atoms with Gasteiger partial charge in [0.05, 0.1) is 11.3 Å². The normalized spacial score (nSPS) is 11.2. The smallest absolute Gasteiger partial charge is 0.399 e. The van der Waals surface area contributed by atoms with Crippen LogP contribution in [0.1, 0.15) is 33.5 Å². The summed E-state index contributed by atoms with van der Waals surface area (Å²) in [6.45, 7) is 0. The molecule has 3 aromatic carbocycles. The van der Waals surface area contributed by atoms with Crippen molar-refractivity contribution in [2.75, 3.05) is 11.1 Å². The summed E-state index contributed by atoms with van der Waals surface area (Å²) in [6.07, 6.45) is -4.74. The topological polar surface area (TPSA) is 72.2 Å². The molecule has 0 unspecified atom stereocenters. The molecule has 0 aliphatic heterocycles. The van der Waals surface area contributed by atoms with Crippen LogP contribution < -0.4 is 11.1 Å². The average Bonchev–Trinajstić information content (AvgIpc) is 2.73. The monoisotopic (exact) mass is 412 g/mol. The number of nitrogens with two attached hydrogens (primary N) is 1. The number of ketones is 1. The van der Waals surface area contributed by atoms with E-state index in [0.717, 1.165) is 6.07 Å². The summed E-state index contributed by atoms with van der Waals surface area (Å²) in [4.78, 5) is 25.2. The highest BCUT2D eigenvalue weighted by atomic mass is 19.4. The van der Waals surface area contributed by atoms with E-state index in [9.17, 15) is 22.8 Å². The second-order valence-electron chi connectivity index (χ2n) is 6.70. The molecule has 0 heterocycles. The summed E-state index contributed by atoms with van der Waals surface area (Å²) in [5, 5.41) is 2.62. The number of alkyl halides is 3. The Balaban J connectivity index is 1.76. The molecule has 0 spiro atoms. The molecule has 3 rings (SSSR count). The number of hydrogen-bond acceptors (Lipinski definition) is 3. The minimum atomic E-state index is -4.49. The number of carbonyl (C=O) groups excluding carboxylic acids is 2. The Morgan fingerprint density at radius 3 is 2.27 bits per heavy atom. The van der Waals surface area contributed by atoms with Gasteiger partial charge in [0.15, 0.2) is 5.78 Å². The van der Waals surface area contributed by atoms with Gasteiger partial charge in [-0.1, -0.05) is 48.5 Å². The summed E-state index contributed by atoms with van der Waals surface area (Å²) in [7, 11) is 0. The maximum absolute atomic E-state index is 13.1. The first-order valence-electron chi connectivity index (χ1n) is 9.20. The molecule has 7 heteroatoms. The number of carbonyl (C=O) groups is 2. The van der Waals surface area contributed by atoms with E-state index >= 15 is 0 Å². The van der Waals surface area contributed by atoms with Crippen molar-refractivity contribution < 1.29 is 22.8 Å². The first-order chi connectivity index (χ1) is 14.3. The van der Waals surface area contributed by atoms with Crippen LogP contribution in [0.4, 0.5) is 24.5 Å². The van der Waals surface area contributed by atoms with Gasteiger partial charge in [-0.3, -0.25) is 9.59 Å². The number of aryl methyl sites for hydroxylation is 1. The number of hydrogen-bond donors (Lipinski definition) is 2. The van der Waals surface area contributed by atoms with Gasteiger partial charge in [0.1, 0.15) is 0 Å². The van der Waals surface area contributed by atoms with E-state index in [-0.39, 0.29) is 35.4 Å². The zero-order chi connectivity index (χ0) is 21.7. The van der Waals surface area contributed by atoms with Crippen LogP contribution in [0.5, 0.6) is 0 Å². The van der Waals surface area contributed by atoms with E-state index in [1.54, 1.807) is 30.3 Å². The molecule has 30 heavy (non-hydrogen) atoms. The third-order valence-corrected chi connectivity index (χ3v) is 4.54. The molecule has 3 aromatic rings. The zero-order valence-corrected chi connectivity index (χ0v) is 15.9. The number of nitrogens with one attached hydrogen (secondary N) is 1. The van der Waals surface area contributed by atoms with Gasteiger partial charge >= 0.3 is 6.18 Å². The largest absolute Gasteiger partial charge is 0.416 e. The Morgan fingerprint density at radius 2 is 1.57 bits per heavy atom. The Bertz CT molecular complexity index is 1060. The molecule has 0 saturated heterocycles. The lowest BCUT2D eigenvalue weighted by Gasteiger charge is -2.14. The molecule has 0 aliphatic rings. The lowest BCUT2D eigenvalue weighted by atomic mass is 10.00. The molecule has 0 aromatic heterocycles. The molecule has 154 valence electrons. The summed E-state index contributed by atoms with van der Waals surface area (Å²) >= 11 is 0. The minimum Gasteiger partial charge on any atom is -0.399 e. The molecule has 0 saturated carbocycles. The highest BCUT2D eigenvalue weighted by Crippen LogP contribution is 2.32. The van der Waals surface area contributed by atoms with E-state index in [1.807, 2.05) is 0 Å². The maximum Gasteiger partial charge on any atom is 0.416 e. The van der Waals surface area contributed by atoms with Gasteiger partial charge < -0.3 is 11.1 Å². The van der Waals surface area contributed by atoms with Crippen molar-refractivity contribution in [2.45, 2.75) is 19.0 Å². The van der Waals surface area contributed by atoms with Crippen molar-refractivity contribution in [3.63, 3.8) is 0 Å². The molecule has 0 fully saturated rings. The van der Waals surface area contributed by atoms with Gasteiger partial charge in [0.25, 0.3) is 0 Å². The SMILES string of the molecule is Nc1ccc(NC(=O)CCc2ccccc2C(F)(F)F)c(C(=O)c2ccccc2)c1. The Kier molecular flexibility index (Phi) is 6.20. The molecule has 0 radical (unpaired) electrons. The predicted octanol–water partition coefficient (Wildman–Crippen LogP) is 5.09. The third-order valence-electron chi connectivity index (χ3n) is 4.54. The van der Waals surface area contributed by atoms with Crippen molar-refractivity contribution in [3.05, 3.63) is 95.1 Å². The van der Waals surface area contributed by atoms with Crippen molar-refractivity contribution in [3.8, 4) is 0 Å². The molecule has 4 nitrogen and oxygen atoms in total. The Labute approximate surface area is 171 Å². The van der Waals surface area contributed by atoms with Gasteiger partial charge in [-0.25, -0.2) is 0 Å². The molecule has 3 N–H and O–H groups in total. The third kappa shape index (κ3) is 5.05. The second-order valence-corrected chi connectivity index (χ2v) is 6.70. The van der Waals surface area contributed by atoms with Crippen LogP contribution in [-0.4, -0.2) is 11.7 Å². The molecule has 0 bridgehead atoms. The van der Waals surface area contributed by atoms with Crippen LogP contribution in [0.3, 0.4) is 0 Å². The molecule has 1 amide bonds. The van der Waals surface area contributed by atoms with E-state index in [0.29, 0.717) is 11.3 Å². The summed E-state index contributed by atoms with van der Waals surface area (Å²) in [5.74, 6) is -0.820. The number of rotatable bonds is 6. The fraction of sp³-hybridized carbons (Fsp3) is 0.130. The van der Waals surface area contributed by atoms with E-state index < -0.39 is 17.6 Å². The van der Waals surface area contributed by atoms with Crippen LogP contribution in [0, 0.1) is 0 Å². The van der Waals surface area contributed by atoms with Crippen molar-refractivity contribution >= 4 is 23.1 Å². The fourth-order valence-electron chi connectivity index (χ4n) is 3.08. The Morgan fingerprint density at radius 1 is 0.900 bits per heavy atom. The second kappa shape index (κ2) is 8.82. The van der Waals surface area contributed by atoms with Crippen molar-refractivity contribution in [1.29, 1.82) is 0 Å². The van der Waals surface area contributed by atoms with Gasteiger partial charge in [-0.05, 0) is 36.2 Å². The fourth-order valence-corrected chi connectivity index (χ4v) is 3.08. The van der Waals surface area contributed by atoms with Crippen LogP contribution in [-0.2, 0) is 17.4 Å². The van der Waals surface area contributed by atoms with E-state index in [2.05, 4.69) is 5.32 Å². The number of nitrogen functional groups attached to an aromatic ring is 1. The van der Waals surface area contributed by atoms with E-state index in [4.69, 9.17) is 5.73 Å². The first-order valence-corrected chi connectivity index (χ1v) is 9.20. The Hall–Kier alpha value is -3.61. The molecule has 0 aliphatic carbocycles. The van der Waals surface area contributed by atoms with Crippen LogP contribution in [0.15, 0.2) is 72.8 Å². The van der Waals surface area contributed by atoms with Crippen molar-refractivity contribution in [1.82, 2.24) is 0 Å².